The molecule has 0 aromatic rings. The van der Waals surface area contributed by atoms with Crippen molar-refractivity contribution < 1.29 is 14.3 Å². The van der Waals surface area contributed by atoms with Crippen LogP contribution in [0.4, 0.5) is 0 Å². The van der Waals surface area contributed by atoms with Gasteiger partial charge >= 0.3 is 0 Å². The predicted molar refractivity (Wildman–Crippen MR) is 92.4 cm³/mol. The number of likely N-dealkylation sites (tertiary alicyclic amines) is 2. The van der Waals surface area contributed by atoms with E-state index in [0.717, 1.165) is 51.9 Å². The molecule has 1 atom stereocenters. The Balaban J connectivity index is 1.63. The molecule has 1 unspecified atom stereocenters. The Hall–Kier alpha value is -1.10. The summed E-state index contributed by atoms with van der Waals surface area (Å²) in [6.45, 7) is 10.6. The molecule has 0 N–H and O–H groups in total. The quantitative estimate of drug-likeness (QED) is 0.773. The van der Waals surface area contributed by atoms with Crippen molar-refractivity contribution in [2.75, 3.05) is 39.4 Å². The summed E-state index contributed by atoms with van der Waals surface area (Å²) in [5, 5.41) is 0. The summed E-state index contributed by atoms with van der Waals surface area (Å²) in [4.78, 5) is 29.3. The fourth-order valence-corrected chi connectivity index (χ4v) is 4.84. The zero-order chi connectivity index (χ0) is 17.3. The van der Waals surface area contributed by atoms with Crippen molar-refractivity contribution in [2.45, 2.75) is 46.5 Å². The third kappa shape index (κ3) is 3.07. The van der Waals surface area contributed by atoms with Gasteiger partial charge < -0.3 is 14.5 Å². The minimum atomic E-state index is -0.0293. The number of nitrogens with zero attached hydrogens (tertiary/aromatic N) is 2. The number of piperidine rings is 1. The van der Waals surface area contributed by atoms with E-state index in [1.807, 2.05) is 18.7 Å². The summed E-state index contributed by atoms with van der Waals surface area (Å²) in [7, 11) is 0. The monoisotopic (exact) mass is 336 g/mol. The van der Waals surface area contributed by atoms with E-state index in [-0.39, 0.29) is 23.2 Å². The average Bonchev–Trinajstić information content (AvgIpc) is 2.81. The fourth-order valence-electron chi connectivity index (χ4n) is 4.84. The SMILES string of the molecule is CCOCC1C(=O)N(CC)CC12CCN(C(=O)C1CC(C)C1)CC2. The number of carbonyl (C=O) groups is 2. The van der Waals surface area contributed by atoms with Gasteiger partial charge in [-0.1, -0.05) is 6.92 Å². The van der Waals surface area contributed by atoms with Crippen LogP contribution in [0.5, 0.6) is 0 Å². The maximum Gasteiger partial charge on any atom is 0.228 e. The molecule has 0 aromatic heterocycles. The van der Waals surface area contributed by atoms with E-state index in [4.69, 9.17) is 4.74 Å². The smallest absolute Gasteiger partial charge is 0.228 e. The molecule has 0 radical (unpaired) electrons. The second-order valence-corrected chi connectivity index (χ2v) is 8.03. The number of ether oxygens (including phenoxy) is 1. The second kappa shape index (κ2) is 7.03. The molecule has 3 aliphatic rings. The summed E-state index contributed by atoms with van der Waals surface area (Å²) in [5.74, 6) is 1.53. The lowest BCUT2D eigenvalue weighted by Crippen LogP contribution is -2.50. The van der Waals surface area contributed by atoms with Crippen LogP contribution in [0.25, 0.3) is 0 Å². The largest absolute Gasteiger partial charge is 0.381 e. The third-order valence-corrected chi connectivity index (χ3v) is 6.52. The summed E-state index contributed by atoms with van der Waals surface area (Å²) >= 11 is 0. The predicted octanol–water partition coefficient (Wildman–Crippen LogP) is 2.16. The van der Waals surface area contributed by atoms with Crippen molar-refractivity contribution in [3.8, 4) is 0 Å². The lowest BCUT2D eigenvalue weighted by molar-refractivity contribution is -0.143. The first-order chi connectivity index (χ1) is 11.5. The van der Waals surface area contributed by atoms with E-state index in [2.05, 4.69) is 11.8 Å². The zero-order valence-corrected chi connectivity index (χ0v) is 15.4. The van der Waals surface area contributed by atoms with Gasteiger partial charge in [-0.3, -0.25) is 9.59 Å². The van der Waals surface area contributed by atoms with E-state index in [9.17, 15) is 9.59 Å². The van der Waals surface area contributed by atoms with Crippen LogP contribution in [0.1, 0.15) is 46.5 Å². The number of hydrogen-bond donors (Lipinski definition) is 0. The molecule has 2 heterocycles. The van der Waals surface area contributed by atoms with Crippen LogP contribution in [0.2, 0.25) is 0 Å². The van der Waals surface area contributed by atoms with Crippen molar-refractivity contribution in [3.63, 3.8) is 0 Å². The van der Waals surface area contributed by atoms with Gasteiger partial charge in [0, 0.05) is 44.1 Å². The van der Waals surface area contributed by atoms with E-state index >= 15 is 0 Å². The van der Waals surface area contributed by atoms with Crippen molar-refractivity contribution in [1.82, 2.24) is 9.80 Å². The maximum absolute atomic E-state index is 12.7. The first kappa shape index (κ1) is 17.7. The molecule has 2 amide bonds. The zero-order valence-electron chi connectivity index (χ0n) is 15.4. The van der Waals surface area contributed by atoms with Gasteiger partial charge in [-0.05, 0) is 45.4 Å². The molecular formula is C19H32N2O3. The van der Waals surface area contributed by atoms with Gasteiger partial charge in [0.15, 0.2) is 0 Å². The molecule has 5 nitrogen and oxygen atoms in total. The molecular weight excluding hydrogens is 304 g/mol. The van der Waals surface area contributed by atoms with Crippen LogP contribution in [0, 0.1) is 23.2 Å². The van der Waals surface area contributed by atoms with Gasteiger partial charge in [0.2, 0.25) is 11.8 Å². The van der Waals surface area contributed by atoms with Gasteiger partial charge in [0.1, 0.15) is 0 Å². The molecule has 136 valence electrons. The Kier molecular flexibility index (Phi) is 5.19. The summed E-state index contributed by atoms with van der Waals surface area (Å²) in [5.41, 5.74) is 0.00590. The summed E-state index contributed by atoms with van der Waals surface area (Å²) in [6, 6.07) is 0. The van der Waals surface area contributed by atoms with Gasteiger partial charge in [-0.25, -0.2) is 0 Å². The van der Waals surface area contributed by atoms with Crippen LogP contribution < -0.4 is 0 Å². The molecule has 2 aliphatic heterocycles. The fraction of sp³-hybridized carbons (Fsp3) is 0.895. The third-order valence-electron chi connectivity index (χ3n) is 6.52. The number of hydrogen-bond acceptors (Lipinski definition) is 3. The van der Waals surface area contributed by atoms with Crippen molar-refractivity contribution >= 4 is 11.8 Å². The van der Waals surface area contributed by atoms with Gasteiger partial charge in [-0.15, -0.1) is 0 Å². The first-order valence-corrected chi connectivity index (χ1v) is 9.66. The second-order valence-electron chi connectivity index (χ2n) is 8.03. The number of carbonyl (C=O) groups excluding carboxylic acids is 2. The molecule has 3 rings (SSSR count). The topological polar surface area (TPSA) is 49.9 Å². The van der Waals surface area contributed by atoms with Gasteiger partial charge in [-0.2, -0.15) is 0 Å². The molecule has 5 heteroatoms. The maximum atomic E-state index is 12.7. The normalized spacial score (nSPS) is 32.3. The first-order valence-electron chi connectivity index (χ1n) is 9.66. The molecule has 3 fully saturated rings. The van der Waals surface area contributed by atoms with Gasteiger partial charge in [0.25, 0.3) is 0 Å². The van der Waals surface area contributed by atoms with Gasteiger partial charge in [0.05, 0.1) is 12.5 Å². The Morgan fingerprint density at radius 2 is 1.92 bits per heavy atom. The lowest BCUT2D eigenvalue weighted by Gasteiger charge is -2.44. The molecule has 1 aliphatic carbocycles. The summed E-state index contributed by atoms with van der Waals surface area (Å²) in [6.07, 6.45) is 3.97. The Bertz CT molecular complexity index is 479. The minimum absolute atomic E-state index is 0.00590. The van der Waals surface area contributed by atoms with Crippen molar-refractivity contribution in [1.29, 1.82) is 0 Å². The Morgan fingerprint density at radius 3 is 2.46 bits per heavy atom. The van der Waals surface area contributed by atoms with Crippen molar-refractivity contribution in [3.05, 3.63) is 0 Å². The molecule has 1 spiro atoms. The van der Waals surface area contributed by atoms with Crippen molar-refractivity contribution in [2.24, 2.45) is 23.2 Å². The minimum Gasteiger partial charge on any atom is -0.381 e. The number of rotatable bonds is 5. The average molecular weight is 336 g/mol. The van der Waals surface area contributed by atoms with Crippen LogP contribution >= 0.6 is 0 Å². The van der Waals surface area contributed by atoms with E-state index < -0.39 is 0 Å². The van der Waals surface area contributed by atoms with Crippen LogP contribution in [0.15, 0.2) is 0 Å². The molecule has 1 saturated carbocycles. The number of amides is 2. The summed E-state index contributed by atoms with van der Waals surface area (Å²) < 4.78 is 5.63. The lowest BCUT2D eigenvalue weighted by atomic mass is 9.70. The highest BCUT2D eigenvalue weighted by Crippen LogP contribution is 2.46. The van der Waals surface area contributed by atoms with E-state index in [1.54, 1.807) is 0 Å². The van der Waals surface area contributed by atoms with Crippen LogP contribution in [-0.4, -0.2) is 61.0 Å². The highest BCUT2D eigenvalue weighted by atomic mass is 16.5. The van der Waals surface area contributed by atoms with Crippen LogP contribution in [0.3, 0.4) is 0 Å². The Morgan fingerprint density at radius 1 is 1.25 bits per heavy atom. The molecule has 2 saturated heterocycles. The van der Waals surface area contributed by atoms with Crippen LogP contribution in [-0.2, 0) is 14.3 Å². The molecule has 24 heavy (non-hydrogen) atoms. The highest BCUT2D eigenvalue weighted by Gasteiger charge is 2.53. The van der Waals surface area contributed by atoms with E-state index in [1.165, 1.54) is 0 Å². The Labute approximate surface area is 145 Å². The molecule has 0 aromatic carbocycles. The standard InChI is InChI=1S/C19H32N2O3/c1-4-20-13-19(16(18(20)23)12-24-5-2)6-8-21(9-7-19)17(22)15-10-14(3)11-15/h14-16H,4-13H2,1-3H3. The van der Waals surface area contributed by atoms with E-state index in [0.29, 0.717) is 25.0 Å². The highest BCUT2D eigenvalue weighted by molar-refractivity contribution is 5.83. The molecule has 0 bridgehead atoms.